The highest BCUT2D eigenvalue weighted by Gasteiger charge is 2.66. The lowest BCUT2D eigenvalue weighted by Gasteiger charge is -2.37. The van der Waals surface area contributed by atoms with E-state index >= 15 is 4.79 Å². The fourth-order valence-corrected chi connectivity index (χ4v) is 13.7. The van der Waals surface area contributed by atoms with Gasteiger partial charge in [-0.15, -0.1) is 5.10 Å². The molecule has 1 aromatic heterocycles. The zero-order valence-corrected chi connectivity index (χ0v) is 34.3. The molecule has 0 radical (unpaired) electrons. The summed E-state index contributed by atoms with van der Waals surface area (Å²) in [4.78, 5) is 31.7. The van der Waals surface area contributed by atoms with E-state index in [9.17, 15) is 9.90 Å². The van der Waals surface area contributed by atoms with Gasteiger partial charge >= 0.3 is 0 Å². The van der Waals surface area contributed by atoms with Crippen LogP contribution in [0.25, 0.3) is 0 Å². The number of benzene rings is 4. The molecule has 3 aliphatic rings. The zero-order chi connectivity index (χ0) is 39.9. The van der Waals surface area contributed by atoms with Crippen LogP contribution >= 0.6 is 0 Å². The first-order chi connectivity index (χ1) is 27.6. The summed E-state index contributed by atoms with van der Waals surface area (Å²) in [5.74, 6) is 1.00. The van der Waals surface area contributed by atoms with Crippen LogP contribution in [0, 0.1) is 5.92 Å². The van der Waals surface area contributed by atoms with Crippen molar-refractivity contribution < 1.29 is 28.9 Å². The van der Waals surface area contributed by atoms with Gasteiger partial charge in [0, 0.05) is 42.9 Å². The summed E-state index contributed by atoms with van der Waals surface area (Å²) in [6.07, 6.45) is 3.60. The average Bonchev–Trinajstić information content (AvgIpc) is 4.01. The second kappa shape index (κ2) is 15.6. The molecule has 1 N–H and O–H groups in total. The van der Waals surface area contributed by atoms with Gasteiger partial charge < -0.3 is 29.1 Å². The highest BCUT2D eigenvalue weighted by atomic mass is 28.3. The van der Waals surface area contributed by atoms with E-state index in [0.717, 1.165) is 40.2 Å². The third kappa shape index (κ3) is 6.83. The number of aryl methyl sites for hydroxylation is 1. The van der Waals surface area contributed by atoms with E-state index in [1.54, 1.807) is 14.2 Å². The maximum absolute atomic E-state index is 15.4. The zero-order valence-electron chi connectivity index (χ0n) is 33.3. The largest absolute Gasteiger partial charge is 0.497 e. The molecule has 2 amide bonds. The fourth-order valence-electron chi connectivity index (χ4n) is 9.67. The second-order valence-corrected chi connectivity index (χ2v) is 20.8. The van der Waals surface area contributed by atoms with Crippen molar-refractivity contribution in [1.29, 1.82) is 0 Å². The van der Waals surface area contributed by atoms with Gasteiger partial charge in [-0.1, -0.05) is 85.0 Å². The van der Waals surface area contributed by atoms with Crippen LogP contribution in [0.1, 0.15) is 54.5 Å². The van der Waals surface area contributed by atoms with Gasteiger partial charge in [-0.25, -0.2) is 0 Å². The molecule has 12 heteroatoms. The number of hydrogen-bond acceptors (Lipinski definition) is 8. The van der Waals surface area contributed by atoms with Crippen molar-refractivity contribution in [1.82, 2.24) is 15.0 Å². The molecule has 5 atom stereocenters. The normalized spacial score (nSPS) is 22.4. The summed E-state index contributed by atoms with van der Waals surface area (Å²) < 4.78 is 20.5. The average molecular weight is 786 g/mol. The summed E-state index contributed by atoms with van der Waals surface area (Å²) in [7, 11) is 0.918. The van der Waals surface area contributed by atoms with Crippen molar-refractivity contribution in [2.75, 3.05) is 37.2 Å². The van der Waals surface area contributed by atoms with Crippen LogP contribution in [0.2, 0.25) is 18.6 Å². The van der Waals surface area contributed by atoms with Crippen molar-refractivity contribution in [3.05, 3.63) is 126 Å². The van der Waals surface area contributed by atoms with Crippen molar-refractivity contribution in [3.63, 3.8) is 0 Å². The monoisotopic (exact) mass is 785 g/mol. The highest BCUT2D eigenvalue weighted by Crippen LogP contribution is 2.60. The minimum absolute atomic E-state index is 0.0239. The van der Waals surface area contributed by atoms with Crippen molar-refractivity contribution >= 4 is 36.4 Å². The number of methoxy groups -OCH3 is 2. The highest BCUT2D eigenvalue weighted by molar-refractivity contribution is 6.91. The van der Waals surface area contributed by atoms with Crippen LogP contribution in [-0.2, 0) is 33.0 Å². The first-order valence-corrected chi connectivity index (χ1v) is 22.9. The predicted octanol–water partition coefficient (Wildman–Crippen LogP) is 6.40. The molecule has 4 aromatic carbocycles. The number of hydrogen-bond donors (Lipinski definition) is 1. The van der Waals surface area contributed by atoms with Crippen LogP contribution in [0.4, 0.5) is 11.4 Å². The number of anilines is 2. The Labute approximate surface area is 335 Å². The summed E-state index contributed by atoms with van der Waals surface area (Å²) in [5, 5.41) is 20.6. The molecule has 0 aliphatic carbocycles. The molecule has 2 saturated heterocycles. The van der Waals surface area contributed by atoms with E-state index < -0.39 is 13.7 Å². The van der Waals surface area contributed by atoms with E-state index in [4.69, 9.17) is 14.2 Å². The maximum Gasteiger partial charge on any atom is 0.264 e. The van der Waals surface area contributed by atoms with E-state index in [1.807, 2.05) is 106 Å². The van der Waals surface area contributed by atoms with E-state index in [0.29, 0.717) is 43.9 Å². The standard InChI is InChI=1S/C45H51N5O6Si/c1-30-43(57(4,5)36-19-16-34(54-2)17-20-36)41(22-24-48-28-39(46-47-48)37(29-51)32-12-7-6-8-13-32)56-45(30)38-26-35(55-3)18-21-40(38)50(44(45)53)27-31-11-9-14-33(25-31)49-23-10-15-42(49)52/h6-9,11-14,16-21,25-26,28,30,37,41,43,51H,10,15,22-24,27,29H2,1-5H3/t30-,37?,41+,43-,45+/m0/s1. The van der Waals surface area contributed by atoms with E-state index in [2.05, 4.69) is 42.5 Å². The molecular weight excluding hydrogens is 735 g/mol. The second-order valence-electron chi connectivity index (χ2n) is 16.1. The molecule has 0 saturated carbocycles. The molecule has 2 fully saturated rings. The number of ether oxygens (including phenoxy) is 3. The Bertz CT molecular complexity index is 2250. The van der Waals surface area contributed by atoms with Gasteiger partial charge in [-0.3, -0.25) is 14.3 Å². The van der Waals surface area contributed by atoms with Gasteiger partial charge in [0.1, 0.15) is 11.5 Å². The minimum Gasteiger partial charge on any atom is -0.497 e. The Hall–Kier alpha value is -5.30. The lowest BCUT2D eigenvalue weighted by atomic mass is 9.82. The van der Waals surface area contributed by atoms with E-state index in [1.165, 1.54) is 5.19 Å². The molecule has 296 valence electrons. The Morgan fingerprint density at radius 3 is 2.40 bits per heavy atom. The maximum atomic E-state index is 15.4. The number of aromatic nitrogens is 3. The third-order valence-corrected chi connectivity index (χ3v) is 17.0. The van der Waals surface area contributed by atoms with Gasteiger partial charge in [0.25, 0.3) is 5.91 Å². The Morgan fingerprint density at radius 1 is 0.947 bits per heavy atom. The first-order valence-electron chi connectivity index (χ1n) is 19.9. The molecule has 3 aliphatic heterocycles. The minimum atomic E-state index is -2.40. The van der Waals surface area contributed by atoms with Gasteiger partial charge in [-0.2, -0.15) is 0 Å². The first kappa shape index (κ1) is 38.6. The van der Waals surface area contributed by atoms with Gasteiger partial charge in [-0.05, 0) is 72.0 Å². The van der Waals surface area contributed by atoms with Crippen LogP contribution in [0.3, 0.4) is 0 Å². The Kier molecular flexibility index (Phi) is 10.5. The van der Waals surface area contributed by atoms with Crippen LogP contribution < -0.4 is 24.5 Å². The molecule has 8 rings (SSSR count). The lowest BCUT2D eigenvalue weighted by molar-refractivity contribution is -0.146. The van der Waals surface area contributed by atoms with Crippen LogP contribution in [-0.4, -0.2) is 73.5 Å². The molecule has 11 nitrogen and oxygen atoms in total. The number of amides is 2. The number of aliphatic hydroxyl groups excluding tert-OH is 1. The summed E-state index contributed by atoms with van der Waals surface area (Å²) in [6.45, 7) is 8.40. The molecule has 1 spiro atoms. The van der Waals surface area contributed by atoms with Crippen LogP contribution in [0.15, 0.2) is 103 Å². The topological polar surface area (TPSA) is 119 Å². The lowest BCUT2D eigenvalue weighted by Crippen LogP contribution is -2.51. The van der Waals surface area contributed by atoms with Crippen molar-refractivity contribution in [3.8, 4) is 11.5 Å². The van der Waals surface area contributed by atoms with Crippen molar-refractivity contribution in [2.24, 2.45) is 5.92 Å². The quantitative estimate of drug-likeness (QED) is 0.136. The Morgan fingerprint density at radius 2 is 1.70 bits per heavy atom. The number of carbonyl (C=O) groups excluding carboxylic acids is 2. The number of fused-ring (bicyclic) bond motifs is 2. The number of carbonyl (C=O) groups is 2. The number of aliphatic hydroxyl groups is 1. The summed E-state index contributed by atoms with van der Waals surface area (Å²) >= 11 is 0. The molecule has 5 aromatic rings. The van der Waals surface area contributed by atoms with Crippen LogP contribution in [0.5, 0.6) is 11.5 Å². The smallest absolute Gasteiger partial charge is 0.264 e. The van der Waals surface area contributed by atoms with Crippen molar-refractivity contribution in [2.45, 2.75) is 75.5 Å². The van der Waals surface area contributed by atoms with Gasteiger partial charge in [0.05, 0.1) is 58.8 Å². The number of rotatable bonds is 13. The summed E-state index contributed by atoms with van der Waals surface area (Å²) in [6, 6.07) is 32.0. The number of nitrogens with zero attached hydrogens (tertiary/aromatic N) is 5. The molecule has 1 unspecified atom stereocenters. The SMILES string of the molecule is COc1ccc([Si](C)(C)[C@@H]2[C@@H](CCn3cc(C(CO)c4ccccc4)nn3)O[C@]3(C(=O)N(Cc4cccc(N5CCCC5=O)c4)c4ccc(OC)cc43)[C@H]2C)cc1. The fraction of sp³-hybridized carbons (Fsp3) is 0.378. The van der Waals surface area contributed by atoms with E-state index in [-0.39, 0.29) is 41.9 Å². The Balaban J connectivity index is 1.16. The molecule has 57 heavy (non-hydrogen) atoms. The summed E-state index contributed by atoms with van der Waals surface area (Å²) in [5.41, 5.74) is 3.84. The predicted molar refractivity (Wildman–Crippen MR) is 222 cm³/mol. The molecule has 4 heterocycles. The van der Waals surface area contributed by atoms with Gasteiger partial charge in [0.2, 0.25) is 5.91 Å². The third-order valence-electron chi connectivity index (χ3n) is 12.6. The molecule has 0 bridgehead atoms. The molecular formula is C45H51N5O6Si. The van der Waals surface area contributed by atoms with Gasteiger partial charge in [0.15, 0.2) is 5.60 Å².